The van der Waals surface area contributed by atoms with Crippen molar-refractivity contribution in [3.63, 3.8) is 0 Å². The molecule has 5 heteroatoms. The molecule has 0 bridgehead atoms. The minimum absolute atomic E-state index is 0.233. The van der Waals surface area contributed by atoms with Crippen LogP contribution in [0.1, 0.15) is 40.0 Å². The number of hydrogen-bond donors (Lipinski definition) is 1. The van der Waals surface area contributed by atoms with Crippen LogP contribution in [-0.2, 0) is 0 Å². The molecule has 1 unspecified atom stereocenters. The van der Waals surface area contributed by atoms with Crippen LogP contribution in [0, 0.1) is 12.3 Å². The van der Waals surface area contributed by atoms with Gasteiger partial charge in [-0.2, -0.15) is 0 Å². The first-order valence-electron chi connectivity index (χ1n) is 6.09. The monoisotopic (exact) mass is 257 g/mol. The minimum Gasteiger partial charge on any atom is -0.416 e. The largest absolute Gasteiger partial charge is 0.416 e. The Morgan fingerprint density at radius 2 is 2.06 bits per heavy atom. The van der Waals surface area contributed by atoms with Crippen LogP contribution in [0.3, 0.4) is 0 Å². The standard InChI is InChI=1S/C12H23N3OS/c1-6-7-13-10(12(3,4)5)8-17-11-15-14-9(2)16-11/h10,13H,6-8H2,1-5H3. The third-order valence-corrected chi connectivity index (χ3v) is 3.48. The lowest BCUT2D eigenvalue weighted by molar-refractivity contribution is 0.291. The van der Waals surface area contributed by atoms with E-state index in [0.717, 1.165) is 18.7 Å². The number of hydrogen-bond acceptors (Lipinski definition) is 5. The molecular weight excluding hydrogens is 234 g/mol. The summed E-state index contributed by atoms with van der Waals surface area (Å²) in [5, 5.41) is 12.1. The third kappa shape index (κ3) is 5.08. The lowest BCUT2D eigenvalue weighted by atomic mass is 9.88. The summed E-state index contributed by atoms with van der Waals surface area (Å²) in [6, 6.07) is 0.444. The number of thioether (sulfide) groups is 1. The van der Waals surface area contributed by atoms with Gasteiger partial charge in [-0.15, -0.1) is 10.2 Å². The van der Waals surface area contributed by atoms with E-state index in [0.29, 0.717) is 17.2 Å². The molecule has 1 heterocycles. The van der Waals surface area contributed by atoms with E-state index in [1.165, 1.54) is 0 Å². The van der Waals surface area contributed by atoms with E-state index >= 15 is 0 Å². The van der Waals surface area contributed by atoms with Gasteiger partial charge in [-0.3, -0.25) is 0 Å². The van der Waals surface area contributed by atoms with E-state index in [1.807, 2.05) is 6.92 Å². The Morgan fingerprint density at radius 3 is 2.53 bits per heavy atom. The van der Waals surface area contributed by atoms with Crippen LogP contribution in [0.2, 0.25) is 0 Å². The Hall–Kier alpha value is -0.550. The van der Waals surface area contributed by atoms with Gasteiger partial charge in [0, 0.05) is 18.7 Å². The van der Waals surface area contributed by atoms with Crippen molar-refractivity contribution >= 4 is 11.8 Å². The second-order valence-electron chi connectivity index (χ2n) is 5.27. The van der Waals surface area contributed by atoms with Crippen molar-refractivity contribution in [2.24, 2.45) is 5.41 Å². The highest BCUT2D eigenvalue weighted by molar-refractivity contribution is 7.99. The second-order valence-corrected chi connectivity index (χ2v) is 6.24. The number of aryl methyl sites for hydroxylation is 1. The van der Waals surface area contributed by atoms with Gasteiger partial charge in [0.25, 0.3) is 5.22 Å². The topological polar surface area (TPSA) is 51.0 Å². The van der Waals surface area contributed by atoms with Gasteiger partial charge in [0.05, 0.1) is 0 Å². The van der Waals surface area contributed by atoms with E-state index in [2.05, 4.69) is 43.2 Å². The van der Waals surface area contributed by atoms with Crippen LogP contribution in [0.5, 0.6) is 0 Å². The molecule has 1 aromatic rings. The second kappa shape index (κ2) is 6.40. The number of aromatic nitrogens is 2. The van der Waals surface area contributed by atoms with E-state index in [-0.39, 0.29) is 5.41 Å². The lowest BCUT2D eigenvalue weighted by Crippen LogP contribution is -2.42. The summed E-state index contributed by atoms with van der Waals surface area (Å²) in [5.41, 5.74) is 0.233. The van der Waals surface area contributed by atoms with Crippen LogP contribution in [0.25, 0.3) is 0 Å². The molecule has 1 N–H and O–H groups in total. The first kappa shape index (κ1) is 14.5. The zero-order chi connectivity index (χ0) is 12.9. The Bertz CT molecular complexity index is 333. The molecule has 0 saturated heterocycles. The van der Waals surface area contributed by atoms with Crippen molar-refractivity contribution in [3.05, 3.63) is 5.89 Å². The summed E-state index contributed by atoms with van der Waals surface area (Å²) in [7, 11) is 0. The highest BCUT2D eigenvalue weighted by Crippen LogP contribution is 2.25. The van der Waals surface area contributed by atoms with E-state index in [1.54, 1.807) is 11.8 Å². The van der Waals surface area contributed by atoms with E-state index < -0.39 is 0 Å². The van der Waals surface area contributed by atoms with Crippen molar-refractivity contribution in [2.45, 2.75) is 52.3 Å². The van der Waals surface area contributed by atoms with E-state index in [4.69, 9.17) is 4.42 Å². The van der Waals surface area contributed by atoms with Crippen LogP contribution >= 0.6 is 11.8 Å². The molecule has 0 amide bonds. The quantitative estimate of drug-likeness (QED) is 0.794. The summed E-state index contributed by atoms with van der Waals surface area (Å²) in [4.78, 5) is 0. The fraction of sp³-hybridized carbons (Fsp3) is 0.833. The lowest BCUT2D eigenvalue weighted by Gasteiger charge is -2.31. The smallest absolute Gasteiger partial charge is 0.276 e. The van der Waals surface area contributed by atoms with Gasteiger partial charge in [0.2, 0.25) is 5.89 Å². The first-order chi connectivity index (χ1) is 7.93. The van der Waals surface area contributed by atoms with Gasteiger partial charge in [0.1, 0.15) is 0 Å². The first-order valence-corrected chi connectivity index (χ1v) is 7.08. The van der Waals surface area contributed by atoms with Crippen molar-refractivity contribution in [1.82, 2.24) is 15.5 Å². The maximum Gasteiger partial charge on any atom is 0.276 e. The Labute approximate surface area is 108 Å². The zero-order valence-corrected chi connectivity index (χ0v) is 12.2. The summed E-state index contributed by atoms with van der Waals surface area (Å²) in [5.74, 6) is 1.58. The number of nitrogens with zero attached hydrogens (tertiary/aromatic N) is 2. The van der Waals surface area contributed by atoms with Crippen LogP contribution in [0.15, 0.2) is 9.64 Å². The van der Waals surface area contributed by atoms with Crippen LogP contribution in [0.4, 0.5) is 0 Å². The molecule has 1 atom stereocenters. The molecule has 98 valence electrons. The average molecular weight is 257 g/mol. The Morgan fingerprint density at radius 1 is 1.35 bits per heavy atom. The Kier molecular flexibility index (Phi) is 5.46. The van der Waals surface area contributed by atoms with Gasteiger partial charge < -0.3 is 9.73 Å². The highest BCUT2D eigenvalue weighted by Gasteiger charge is 2.24. The molecule has 0 aromatic carbocycles. The highest BCUT2D eigenvalue weighted by atomic mass is 32.2. The summed E-state index contributed by atoms with van der Waals surface area (Å²) < 4.78 is 5.36. The molecule has 4 nitrogen and oxygen atoms in total. The van der Waals surface area contributed by atoms with Crippen molar-refractivity contribution in [2.75, 3.05) is 12.3 Å². The molecule has 0 aliphatic rings. The zero-order valence-electron chi connectivity index (χ0n) is 11.4. The fourth-order valence-electron chi connectivity index (χ4n) is 1.43. The third-order valence-electron chi connectivity index (χ3n) is 2.57. The minimum atomic E-state index is 0.233. The number of nitrogens with one attached hydrogen (secondary N) is 1. The van der Waals surface area contributed by atoms with Crippen LogP contribution < -0.4 is 5.32 Å². The van der Waals surface area contributed by atoms with Gasteiger partial charge in [-0.1, -0.05) is 39.5 Å². The van der Waals surface area contributed by atoms with Crippen molar-refractivity contribution < 1.29 is 4.42 Å². The predicted molar refractivity (Wildman–Crippen MR) is 71.3 cm³/mol. The maximum atomic E-state index is 5.36. The molecular formula is C12H23N3OS. The van der Waals surface area contributed by atoms with Crippen molar-refractivity contribution in [3.8, 4) is 0 Å². The molecule has 0 radical (unpaired) electrons. The Balaban J connectivity index is 2.49. The molecule has 1 rings (SSSR count). The van der Waals surface area contributed by atoms with Crippen molar-refractivity contribution in [1.29, 1.82) is 0 Å². The summed E-state index contributed by atoms with van der Waals surface area (Å²) in [6.07, 6.45) is 1.15. The maximum absolute atomic E-state index is 5.36. The number of rotatable bonds is 6. The van der Waals surface area contributed by atoms with Gasteiger partial charge in [-0.25, -0.2) is 0 Å². The molecule has 0 saturated carbocycles. The molecule has 17 heavy (non-hydrogen) atoms. The van der Waals surface area contributed by atoms with Gasteiger partial charge in [-0.05, 0) is 18.4 Å². The molecule has 1 aromatic heterocycles. The van der Waals surface area contributed by atoms with Gasteiger partial charge >= 0.3 is 0 Å². The normalized spacial score (nSPS) is 13.9. The molecule has 0 fully saturated rings. The molecule has 0 spiro atoms. The van der Waals surface area contributed by atoms with Crippen LogP contribution in [-0.4, -0.2) is 28.5 Å². The summed E-state index contributed by atoms with van der Waals surface area (Å²) >= 11 is 1.62. The summed E-state index contributed by atoms with van der Waals surface area (Å²) in [6.45, 7) is 11.8. The molecule has 0 aliphatic heterocycles. The predicted octanol–water partition coefficient (Wildman–Crippen LogP) is 2.88. The molecule has 0 aliphatic carbocycles. The fourth-order valence-corrected chi connectivity index (χ4v) is 2.63. The van der Waals surface area contributed by atoms with E-state index in [9.17, 15) is 0 Å². The average Bonchev–Trinajstić information content (AvgIpc) is 2.62. The SMILES string of the molecule is CCCNC(CSc1nnc(C)o1)C(C)(C)C. The van der Waals surface area contributed by atoms with Gasteiger partial charge in [0.15, 0.2) is 0 Å².